The second kappa shape index (κ2) is 6.01. The second-order valence-corrected chi connectivity index (χ2v) is 4.71. The van der Waals surface area contributed by atoms with Crippen molar-refractivity contribution in [2.45, 2.75) is 38.3 Å². The predicted octanol–water partition coefficient (Wildman–Crippen LogP) is 3.59. The lowest BCUT2D eigenvalue weighted by molar-refractivity contribution is 0.226. The van der Waals surface area contributed by atoms with Crippen molar-refractivity contribution in [1.82, 2.24) is 5.32 Å². The monoisotopic (exact) mass is 249 g/mol. The van der Waals surface area contributed by atoms with E-state index in [4.69, 9.17) is 4.74 Å². The van der Waals surface area contributed by atoms with Crippen LogP contribution in [0.3, 0.4) is 0 Å². The van der Waals surface area contributed by atoms with Gasteiger partial charge in [0.2, 0.25) is 0 Å². The largest absolute Gasteiger partial charge is 0.486 e. The maximum atomic E-state index is 13.3. The molecule has 2 nitrogen and oxygen atoms in total. The van der Waals surface area contributed by atoms with E-state index in [1.807, 2.05) is 14.0 Å². The van der Waals surface area contributed by atoms with E-state index in [0.717, 1.165) is 30.6 Å². The molecule has 2 rings (SSSR count). The second-order valence-electron chi connectivity index (χ2n) is 4.71. The fourth-order valence-electron chi connectivity index (χ4n) is 2.16. The molecule has 1 aliphatic carbocycles. The zero-order valence-electron chi connectivity index (χ0n) is 10.9. The summed E-state index contributed by atoms with van der Waals surface area (Å²) in [5, 5.41) is 3.12. The molecule has 1 N–H and O–H groups in total. The fraction of sp³-hybridized carbons (Fsp3) is 0.467. The number of ether oxygens (including phenoxy) is 1. The van der Waals surface area contributed by atoms with Crippen LogP contribution in [0.5, 0.6) is 5.75 Å². The first-order valence-corrected chi connectivity index (χ1v) is 6.50. The van der Waals surface area contributed by atoms with E-state index in [1.165, 1.54) is 6.07 Å². The molecule has 1 aliphatic rings. The molecule has 0 saturated heterocycles. The van der Waals surface area contributed by atoms with Gasteiger partial charge in [-0.05, 0) is 57.5 Å². The number of hydrogen-bond acceptors (Lipinski definition) is 2. The van der Waals surface area contributed by atoms with Crippen LogP contribution >= 0.6 is 0 Å². The van der Waals surface area contributed by atoms with Gasteiger partial charge in [0.1, 0.15) is 17.7 Å². The molecule has 1 aromatic carbocycles. The van der Waals surface area contributed by atoms with Crippen molar-refractivity contribution in [3.63, 3.8) is 0 Å². The molecule has 0 bridgehead atoms. The molecule has 98 valence electrons. The van der Waals surface area contributed by atoms with Crippen LogP contribution in [0.15, 0.2) is 30.4 Å². The van der Waals surface area contributed by atoms with Gasteiger partial charge in [0.25, 0.3) is 0 Å². The zero-order chi connectivity index (χ0) is 13.0. The summed E-state index contributed by atoms with van der Waals surface area (Å²) in [5.74, 6) is 0.549. The molecule has 1 aromatic rings. The number of halogens is 1. The lowest BCUT2D eigenvalue weighted by Gasteiger charge is -2.22. The van der Waals surface area contributed by atoms with Crippen LogP contribution in [0.1, 0.15) is 37.8 Å². The molecule has 2 unspecified atom stereocenters. The van der Waals surface area contributed by atoms with Gasteiger partial charge in [-0.3, -0.25) is 0 Å². The van der Waals surface area contributed by atoms with E-state index >= 15 is 0 Å². The molecular formula is C15H20FNO. The van der Waals surface area contributed by atoms with Crippen molar-refractivity contribution in [3.8, 4) is 5.75 Å². The maximum absolute atomic E-state index is 13.3. The zero-order valence-corrected chi connectivity index (χ0v) is 10.9. The first kappa shape index (κ1) is 13.1. The quantitative estimate of drug-likeness (QED) is 0.823. The van der Waals surface area contributed by atoms with Crippen LogP contribution in [0.2, 0.25) is 0 Å². The Bertz CT molecular complexity index is 431. The van der Waals surface area contributed by atoms with Crippen molar-refractivity contribution in [3.05, 3.63) is 41.7 Å². The minimum atomic E-state index is -0.223. The highest BCUT2D eigenvalue weighted by atomic mass is 19.1. The van der Waals surface area contributed by atoms with E-state index in [1.54, 1.807) is 12.1 Å². The predicted molar refractivity (Wildman–Crippen MR) is 71.3 cm³/mol. The van der Waals surface area contributed by atoms with E-state index in [2.05, 4.69) is 17.5 Å². The number of hydrogen-bond donors (Lipinski definition) is 1. The Morgan fingerprint density at radius 3 is 2.94 bits per heavy atom. The van der Waals surface area contributed by atoms with Crippen molar-refractivity contribution >= 4 is 0 Å². The summed E-state index contributed by atoms with van der Waals surface area (Å²) in [4.78, 5) is 0. The summed E-state index contributed by atoms with van der Waals surface area (Å²) < 4.78 is 19.3. The van der Waals surface area contributed by atoms with E-state index < -0.39 is 0 Å². The molecular weight excluding hydrogens is 229 g/mol. The van der Waals surface area contributed by atoms with Crippen LogP contribution in [-0.2, 0) is 0 Å². The first-order chi connectivity index (χ1) is 8.70. The molecule has 0 fully saturated rings. The highest BCUT2D eigenvalue weighted by Gasteiger charge is 2.15. The summed E-state index contributed by atoms with van der Waals surface area (Å²) >= 11 is 0. The third-order valence-electron chi connectivity index (χ3n) is 3.36. The van der Waals surface area contributed by atoms with Crippen LogP contribution in [0.4, 0.5) is 4.39 Å². The Hall–Kier alpha value is -1.35. The summed E-state index contributed by atoms with van der Waals surface area (Å²) in [6, 6.07) is 4.79. The number of nitrogens with one attached hydrogen (secondary N) is 1. The van der Waals surface area contributed by atoms with Gasteiger partial charge in [0, 0.05) is 11.6 Å². The summed E-state index contributed by atoms with van der Waals surface area (Å²) in [7, 11) is 1.86. The first-order valence-electron chi connectivity index (χ1n) is 6.50. The van der Waals surface area contributed by atoms with Crippen molar-refractivity contribution in [1.29, 1.82) is 0 Å². The molecule has 3 heteroatoms. The van der Waals surface area contributed by atoms with Crippen LogP contribution in [-0.4, -0.2) is 13.2 Å². The Morgan fingerprint density at radius 1 is 1.44 bits per heavy atom. The van der Waals surface area contributed by atoms with E-state index in [9.17, 15) is 4.39 Å². The minimum absolute atomic E-state index is 0.0725. The van der Waals surface area contributed by atoms with Crippen molar-refractivity contribution in [2.24, 2.45) is 0 Å². The Balaban J connectivity index is 2.20. The molecule has 0 spiro atoms. The normalized spacial score (nSPS) is 20.7. The number of rotatable bonds is 4. The molecule has 0 aromatic heterocycles. The lowest BCUT2D eigenvalue weighted by Crippen LogP contribution is -2.19. The average Bonchev–Trinajstić information content (AvgIpc) is 2.41. The molecule has 0 aliphatic heterocycles. The summed E-state index contributed by atoms with van der Waals surface area (Å²) in [6.45, 7) is 2.00. The molecule has 0 radical (unpaired) electrons. The van der Waals surface area contributed by atoms with Gasteiger partial charge in [0.05, 0.1) is 0 Å². The van der Waals surface area contributed by atoms with Crippen molar-refractivity contribution < 1.29 is 9.13 Å². The SMILES string of the molecule is CNC(C)c1cc(F)ccc1OC1C=CCCC1. The van der Waals surface area contributed by atoms with Crippen molar-refractivity contribution in [2.75, 3.05) is 7.05 Å². The minimum Gasteiger partial charge on any atom is -0.486 e. The third kappa shape index (κ3) is 3.10. The summed E-state index contributed by atoms with van der Waals surface area (Å²) in [5.41, 5.74) is 0.872. The highest BCUT2D eigenvalue weighted by Crippen LogP contribution is 2.28. The Kier molecular flexibility index (Phi) is 4.37. The highest BCUT2D eigenvalue weighted by molar-refractivity contribution is 5.36. The smallest absolute Gasteiger partial charge is 0.125 e. The third-order valence-corrected chi connectivity index (χ3v) is 3.36. The van der Waals surface area contributed by atoms with Gasteiger partial charge < -0.3 is 10.1 Å². The molecule has 0 amide bonds. The van der Waals surface area contributed by atoms with Crippen LogP contribution in [0.25, 0.3) is 0 Å². The average molecular weight is 249 g/mol. The molecule has 18 heavy (non-hydrogen) atoms. The van der Waals surface area contributed by atoms with E-state index in [-0.39, 0.29) is 18.0 Å². The number of benzene rings is 1. The van der Waals surface area contributed by atoms with Gasteiger partial charge >= 0.3 is 0 Å². The molecule has 0 heterocycles. The van der Waals surface area contributed by atoms with E-state index in [0.29, 0.717) is 0 Å². The maximum Gasteiger partial charge on any atom is 0.125 e. The topological polar surface area (TPSA) is 21.3 Å². The van der Waals surface area contributed by atoms with Gasteiger partial charge in [-0.25, -0.2) is 4.39 Å². The van der Waals surface area contributed by atoms with Gasteiger partial charge in [-0.1, -0.05) is 6.08 Å². The molecule has 2 atom stereocenters. The van der Waals surface area contributed by atoms with Gasteiger partial charge in [-0.15, -0.1) is 0 Å². The fourth-order valence-corrected chi connectivity index (χ4v) is 2.16. The lowest BCUT2D eigenvalue weighted by atomic mass is 10.0. The van der Waals surface area contributed by atoms with Crippen LogP contribution < -0.4 is 10.1 Å². The number of allylic oxidation sites excluding steroid dienone is 1. The van der Waals surface area contributed by atoms with Gasteiger partial charge in [0.15, 0.2) is 0 Å². The molecule has 0 saturated carbocycles. The van der Waals surface area contributed by atoms with Crippen LogP contribution in [0, 0.1) is 5.82 Å². The summed E-state index contributed by atoms with van der Waals surface area (Å²) in [6.07, 6.45) is 7.68. The Morgan fingerprint density at radius 2 is 2.28 bits per heavy atom. The standard InChI is InChI=1S/C15H20FNO/c1-11(17-2)14-10-12(16)8-9-15(14)18-13-6-4-3-5-7-13/h4,6,8-11,13,17H,3,5,7H2,1-2H3. The Labute approximate surface area is 108 Å². The van der Waals surface area contributed by atoms with Gasteiger partial charge in [-0.2, -0.15) is 0 Å².